The molecule has 0 aromatic heterocycles. The molecule has 3 rings (SSSR count). The number of hydrogen-bond acceptors (Lipinski definition) is 3. The number of rotatable bonds is 2. The zero-order valence-electron chi connectivity index (χ0n) is 11.9. The van der Waals surface area contributed by atoms with Crippen LogP contribution >= 0.6 is 0 Å². The van der Waals surface area contributed by atoms with Gasteiger partial charge in [-0.25, -0.2) is 0 Å². The van der Waals surface area contributed by atoms with Crippen molar-refractivity contribution in [3.63, 3.8) is 0 Å². The molecule has 0 bridgehead atoms. The number of nitrogens with one attached hydrogen (secondary N) is 1. The fraction of sp³-hybridized carbons (Fsp3) is 0.625. The second-order valence-corrected chi connectivity index (χ2v) is 6.20. The van der Waals surface area contributed by atoms with Crippen LogP contribution in [0.4, 0.5) is 0 Å². The highest BCUT2D eigenvalue weighted by Crippen LogP contribution is 2.35. The minimum absolute atomic E-state index is 0.0552. The lowest BCUT2D eigenvalue weighted by molar-refractivity contribution is 0.0835. The topological polar surface area (TPSA) is 30.5 Å². The van der Waals surface area contributed by atoms with Crippen molar-refractivity contribution in [3.8, 4) is 11.5 Å². The molecule has 0 unspecified atom stereocenters. The molecule has 1 N–H and O–H groups in total. The summed E-state index contributed by atoms with van der Waals surface area (Å²) in [6.45, 7) is 6.41. The van der Waals surface area contributed by atoms with Crippen molar-refractivity contribution in [2.75, 3.05) is 13.1 Å². The molecule has 1 fully saturated rings. The summed E-state index contributed by atoms with van der Waals surface area (Å²) in [6, 6.07) is 6.31. The first-order valence-electron chi connectivity index (χ1n) is 7.32. The summed E-state index contributed by atoms with van der Waals surface area (Å²) >= 11 is 0. The molecule has 0 spiro atoms. The molecule has 104 valence electrons. The average Bonchev–Trinajstić information content (AvgIpc) is 2.38. The maximum absolute atomic E-state index is 6.07. The SMILES string of the molecule is CC1(C)CCc2ccc(OC3CCNCC3)cc2O1. The largest absolute Gasteiger partial charge is 0.490 e. The van der Waals surface area contributed by atoms with Gasteiger partial charge in [0.05, 0.1) is 0 Å². The maximum Gasteiger partial charge on any atom is 0.126 e. The molecule has 1 saturated heterocycles. The van der Waals surface area contributed by atoms with Crippen LogP contribution < -0.4 is 14.8 Å². The van der Waals surface area contributed by atoms with Crippen molar-refractivity contribution in [1.82, 2.24) is 5.32 Å². The number of fused-ring (bicyclic) bond motifs is 1. The number of piperidine rings is 1. The van der Waals surface area contributed by atoms with Crippen molar-refractivity contribution in [2.45, 2.75) is 51.2 Å². The van der Waals surface area contributed by atoms with E-state index in [9.17, 15) is 0 Å². The van der Waals surface area contributed by atoms with Crippen LogP contribution in [0.5, 0.6) is 11.5 Å². The second-order valence-electron chi connectivity index (χ2n) is 6.20. The van der Waals surface area contributed by atoms with Crippen LogP contribution in [0.1, 0.15) is 38.7 Å². The summed E-state index contributed by atoms with van der Waals surface area (Å²) in [6.07, 6.45) is 4.69. The fourth-order valence-corrected chi connectivity index (χ4v) is 2.80. The Morgan fingerprint density at radius 1 is 1.26 bits per heavy atom. The number of aryl methyl sites for hydroxylation is 1. The smallest absolute Gasteiger partial charge is 0.126 e. The molecule has 0 amide bonds. The Morgan fingerprint density at radius 3 is 2.84 bits per heavy atom. The van der Waals surface area contributed by atoms with Crippen LogP contribution in [0.25, 0.3) is 0 Å². The van der Waals surface area contributed by atoms with Gasteiger partial charge in [-0.15, -0.1) is 0 Å². The summed E-state index contributed by atoms with van der Waals surface area (Å²) in [5, 5.41) is 3.36. The number of ether oxygens (including phenoxy) is 2. The molecule has 2 aliphatic rings. The zero-order valence-corrected chi connectivity index (χ0v) is 11.9. The molecule has 0 atom stereocenters. The standard InChI is InChI=1S/C16H23NO2/c1-16(2)8-5-12-3-4-14(11-15(12)19-16)18-13-6-9-17-10-7-13/h3-4,11,13,17H,5-10H2,1-2H3. The molecule has 19 heavy (non-hydrogen) atoms. The fourth-order valence-electron chi connectivity index (χ4n) is 2.80. The van der Waals surface area contributed by atoms with Crippen LogP contribution in [0.3, 0.4) is 0 Å². The Labute approximate surface area is 115 Å². The highest BCUT2D eigenvalue weighted by atomic mass is 16.5. The van der Waals surface area contributed by atoms with Gasteiger partial charge in [-0.2, -0.15) is 0 Å². The van der Waals surface area contributed by atoms with Crippen molar-refractivity contribution >= 4 is 0 Å². The summed E-state index contributed by atoms with van der Waals surface area (Å²) in [5.74, 6) is 1.95. The highest BCUT2D eigenvalue weighted by Gasteiger charge is 2.27. The van der Waals surface area contributed by atoms with Crippen LogP contribution in [0, 0.1) is 0 Å². The predicted octanol–water partition coefficient (Wildman–Crippen LogP) is 2.92. The van der Waals surface area contributed by atoms with E-state index >= 15 is 0 Å². The molecule has 1 aromatic carbocycles. The monoisotopic (exact) mass is 261 g/mol. The lowest BCUT2D eigenvalue weighted by atomic mass is 9.94. The van der Waals surface area contributed by atoms with Crippen LogP contribution in [-0.4, -0.2) is 24.8 Å². The molecule has 3 nitrogen and oxygen atoms in total. The Hall–Kier alpha value is -1.22. The minimum Gasteiger partial charge on any atom is -0.490 e. The van der Waals surface area contributed by atoms with Gasteiger partial charge in [0.15, 0.2) is 0 Å². The van der Waals surface area contributed by atoms with Crippen LogP contribution in [0.2, 0.25) is 0 Å². The van der Waals surface area contributed by atoms with E-state index in [0.29, 0.717) is 6.10 Å². The van der Waals surface area contributed by atoms with Crippen molar-refractivity contribution in [1.29, 1.82) is 0 Å². The van der Waals surface area contributed by atoms with Gasteiger partial charge >= 0.3 is 0 Å². The van der Waals surface area contributed by atoms with E-state index in [-0.39, 0.29) is 5.60 Å². The average molecular weight is 261 g/mol. The van der Waals surface area contributed by atoms with E-state index in [1.165, 1.54) is 5.56 Å². The molecular weight excluding hydrogens is 238 g/mol. The Kier molecular flexibility index (Phi) is 3.40. The van der Waals surface area contributed by atoms with Gasteiger partial charge in [0.1, 0.15) is 23.2 Å². The van der Waals surface area contributed by atoms with Crippen LogP contribution in [0.15, 0.2) is 18.2 Å². The van der Waals surface area contributed by atoms with E-state index < -0.39 is 0 Å². The third kappa shape index (κ3) is 3.03. The van der Waals surface area contributed by atoms with E-state index in [1.807, 2.05) is 0 Å². The van der Waals surface area contributed by atoms with Crippen molar-refractivity contribution < 1.29 is 9.47 Å². The van der Waals surface area contributed by atoms with E-state index in [0.717, 1.165) is 50.3 Å². The molecule has 0 radical (unpaired) electrons. The molecule has 2 heterocycles. The van der Waals surface area contributed by atoms with Gasteiger partial charge in [0.25, 0.3) is 0 Å². The quantitative estimate of drug-likeness (QED) is 0.888. The predicted molar refractivity (Wildman–Crippen MR) is 76.0 cm³/mol. The second kappa shape index (κ2) is 5.04. The highest BCUT2D eigenvalue weighted by molar-refractivity contribution is 5.42. The normalized spacial score (nSPS) is 22.4. The summed E-state index contributed by atoms with van der Waals surface area (Å²) in [7, 11) is 0. The van der Waals surface area contributed by atoms with Crippen molar-refractivity contribution in [2.24, 2.45) is 0 Å². The number of hydrogen-bond donors (Lipinski definition) is 1. The van der Waals surface area contributed by atoms with E-state index in [2.05, 4.69) is 37.4 Å². The van der Waals surface area contributed by atoms with Gasteiger partial charge in [-0.1, -0.05) is 6.07 Å². The maximum atomic E-state index is 6.07. The molecule has 3 heteroatoms. The number of benzene rings is 1. The third-order valence-corrected chi connectivity index (χ3v) is 4.01. The first-order valence-corrected chi connectivity index (χ1v) is 7.32. The van der Waals surface area contributed by atoms with E-state index in [4.69, 9.17) is 9.47 Å². The Bertz CT molecular complexity index is 450. The lowest BCUT2D eigenvalue weighted by Gasteiger charge is -2.33. The zero-order chi connectivity index (χ0) is 13.3. The molecule has 1 aromatic rings. The molecule has 0 aliphatic carbocycles. The van der Waals surface area contributed by atoms with Gasteiger partial charge < -0.3 is 14.8 Å². The summed E-state index contributed by atoms with van der Waals surface area (Å²) < 4.78 is 12.1. The van der Waals surface area contributed by atoms with Crippen molar-refractivity contribution in [3.05, 3.63) is 23.8 Å². The lowest BCUT2D eigenvalue weighted by Crippen LogP contribution is -2.34. The molecule has 2 aliphatic heterocycles. The Morgan fingerprint density at radius 2 is 2.05 bits per heavy atom. The van der Waals surface area contributed by atoms with Gasteiger partial charge in [0.2, 0.25) is 0 Å². The summed E-state index contributed by atoms with van der Waals surface area (Å²) in [4.78, 5) is 0. The van der Waals surface area contributed by atoms with Gasteiger partial charge in [-0.05, 0) is 64.3 Å². The Balaban J connectivity index is 1.73. The van der Waals surface area contributed by atoms with E-state index in [1.54, 1.807) is 0 Å². The minimum atomic E-state index is -0.0552. The third-order valence-electron chi connectivity index (χ3n) is 4.01. The van der Waals surface area contributed by atoms with Crippen LogP contribution in [-0.2, 0) is 6.42 Å². The first kappa shape index (κ1) is 12.8. The molecular formula is C16H23NO2. The molecule has 0 saturated carbocycles. The first-order chi connectivity index (χ1) is 9.12. The van der Waals surface area contributed by atoms with Gasteiger partial charge in [-0.3, -0.25) is 0 Å². The van der Waals surface area contributed by atoms with Gasteiger partial charge in [0, 0.05) is 6.07 Å². The summed E-state index contributed by atoms with van der Waals surface area (Å²) in [5.41, 5.74) is 1.25.